The number of benzene rings is 1. The predicted octanol–water partition coefficient (Wildman–Crippen LogP) is 3.53. The quantitative estimate of drug-likeness (QED) is 0.881. The van der Waals surface area contributed by atoms with Crippen molar-refractivity contribution in [2.45, 2.75) is 6.18 Å². The van der Waals surface area contributed by atoms with Crippen LogP contribution in [0.3, 0.4) is 0 Å². The number of thiocarbonyl (C=S) groups is 1. The fraction of sp³-hybridized carbons (Fsp3) is 0.0769. The monoisotopic (exact) mass is 298 g/mol. The summed E-state index contributed by atoms with van der Waals surface area (Å²) in [5.41, 5.74) is 4.90. The van der Waals surface area contributed by atoms with Gasteiger partial charge in [0, 0.05) is 6.20 Å². The van der Waals surface area contributed by atoms with E-state index in [4.69, 9.17) is 22.7 Å². The maximum atomic E-state index is 12.6. The van der Waals surface area contributed by atoms with Crippen LogP contribution in [0.4, 0.5) is 13.2 Å². The number of ether oxygens (including phenoxy) is 1. The lowest BCUT2D eigenvalue weighted by Gasteiger charge is -2.11. The Kier molecular flexibility index (Phi) is 3.89. The second-order valence-corrected chi connectivity index (χ2v) is 4.28. The molecule has 0 radical (unpaired) electrons. The molecular weight excluding hydrogens is 289 g/mol. The SMILES string of the molecule is NC(=S)c1ncccc1Oc1cccc(C(F)(F)F)c1. The van der Waals surface area contributed by atoms with Crippen LogP contribution in [0.5, 0.6) is 11.5 Å². The standard InChI is InChI=1S/C13H9F3N2OS/c14-13(15,16)8-3-1-4-9(7-8)19-10-5-2-6-18-11(10)12(17)20/h1-7H,(H2,17,20). The second-order valence-electron chi connectivity index (χ2n) is 3.84. The van der Waals surface area contributed by atoms with Crippen LogP contribution in [0.15, 0.2) is 42.6 Å². The zero-order valence-electron chi connectivity index (χ0n) is 10.0. The molecule has 2 rings (SSSR count). The third-order valence-electron chi connectivity index (χ3n) is 2.39. The molecule has 1 aromatic carbocycles. The summed E-state index contributed by atoms with van der Waals surface area (Å²) in [5.74, 6) is 0.240. The Morgan fingerprint density at radius 1 is 1.20 bits per heavy atom. The van der Waals surface area contributed by atoms with Gasteiger partial charge in [0.2, 0.25) is 0 Å². The fourth-order valence-corrected chi connectivity index (χ4v) is 1.67. The summed E-state index contributed by atoms with van der Waals surface area (Å²) in [7, 11) is 0. The van der Waals surface area contributed by atoms with Gasteiger partial charge in [0.25, 0.3) is 0 Å². The maximum absolute atomic E-state index is 12.6. The number of nitrogens with zero attached hydrogens (tertiary/aromatic N) is 1. The molecule has 2 N–H and O–H groups in total. The van der Waals surface area contributed by atoms with E-state index in [9.17, 15) is 13.2 Å². The lowest BCUT2D eigenvalue weighted by Crippen LogP contribution is -2.12. The van der Waals surface area contributed by atoms with Gasteiger partial charge in [-0.3, -0.25) is 0 Å². The number of rotatable bonds is 3. The van der Waals surface area contributed by atoms with Gasteiger partial charge in [-0.05, 0) is 30.3 Å². The van der Waals surface area contributed by atoms with E-state index in [1.165, 1.54) is 24.4 Å². The molecule has 0 bridgehead atoms. The number of nitrogens with two attached hydrogens (primary N) is 1. The van der Waals surface area contributed by atoms with Crippen molar-refractivity contribution in [3.05, 3.63) is 53.9 Å². The first kappa shape index (κ1) is 14.3. The Morgan fingerprint density at radius 3 is 2.60 bits per heavy atom. The molecule has 3 nitrogen and oxygen atoms in total. The Balaban J connectivity index is 2.34. The summed E-state index contributed by atoms with van der Waals surface area (Å²) in [5, 5.41) is 0. The fourth-order valence-electron chi connectivity index (χ4n) is 1.52. The molecule has 0 spiro atoms. The van der Waals surface area contributed by atoms with Gasteiger partial charge in [0.15, 0.2) is 5.75 Å². The minimum Gasteiger partial charge on any atom is -0.455 e. The van der Waals surface area contributed by atoms with Crippen molar-refractivity contribution < 1.29 is 17.9 Å². The molecule has 20 heavy (non-hydrogen) atoms. The van der Waals surface area contributed by atoms with Gasteiger partial charge in [0.05, 0.1) is 5.56 Å². The van der Waals surface area contributed by atoms with Crippen LogP contribution in [0, 0.1) is 0 Å². The van der Waals surface area contributed by atoms with E-state index < -0.39 is 11.7 Å². The molecule has 0 amide bonds. The molecule has 0 saturated heterocycles. The summed E-state index contributed by atoms with van der Waals surface area (Å²) >= 11 is 4.81. The molecule has 104 valence electrons. The first-order valence-corrected chi connectivity index (χ1v) is 5.88. The number of hydrogen-bond donors (Lipinski definition) is 1. The highest BCUT2D eigenvalue weighted by molar-refractivity contribution is 7.80. The second kappa shape index (κ2) is 5.46. The lowest BCUT2D eigenvalue weighted by molar-refractivity contribution is -0.137. The Bertz CT molecular complexity index is 644. The Labute approximate surface area is 118 Å². The van der Waals surface area contributed by atoms with E-state index in [2.05, 4.69) is 4.98 Å². The summed E-state index contributed by atoms with van der Waals surface area (Å²) in [6.45, 7) is 0. The molecule has 0 atom stereocenters. The zero-order valence-corrected chi connectivity index (χ0v) is 10.8. The van der Waals surface area contributed by atoms with Crippen LogP contribution < -0.4 is 10.5 Å². The summed E-state index contributed by atoms with van der Waals surface area (Å²) in [4.78, 5) is 3.94. The number of halogens is 3. The van der Waals surface area contributed by atoms with E-state index in [0.29, 0.717) is 0 Å². The zero-order chi connectivity index (χ0) is 14.8. The number of pyridine rings is 1. The minimum atomic E-state index is -4.43. The third kappa shape index (κ3) is 3.24. The molecule has 0 saturated carbocycles. The maximum Gasteiger partial charge on any atom is 0.416 e. The highest BCUT2D eigenvalue weighted by Gasteiger charge is 2.30. The van der Waals surface area contributed by atoms with E-state index in [-0.39, 0.29) is 22.2 Å². The van der Waals surface area contributed by atoms with Gasteiger partial charge in [-0.25, -0.2) is 4.98 Å². The number of alkyl halides is 3. The number of hydrogen-bond acceptors (Lipinski definition) is 3. The van der Waals surface area contributed by atoms with Crippen molar-refractivity contribution in [3.8, 4) is 11.5 Å². The lowest BCUT2D eigenvalue weighted by atomic mass is 10.2. The third-order valence-corrected chi connectivity index (χ3v) is 2.59. The normalized spacial score (nSPS) is 11.2. The molecular formula is C13H9F3N2OS. The molecule has 0 aliphatic carbocycles. The average molecular weight is 298 g/mol. The van der Waals surface area contributed by atoms with Crippen molar-refractivity contribution in [1.82, 2.24) is 4.98 Å². The summed E-state index contributed by atoms with van der Waals surface area (Å²) in [6.07, 6.45) is -2.96. The molecule has 1 heterocycles. The van der Waals surface area contributed by atoms with E-state index in [1.54, 1.807) is 6.07 Å². The van der Waals surface area contributed by atoms with Gasteiger partial charge in [-0.1, -0.05) is 18.3 Å². The van der Waals surface area contributed by atoms with E-state index in [0.717, 1.165) is 12.1 Å². The topological polar surface area (TPSA) is 48.1 Å². The largest absolute Gasteiger partial charge is 0.455 e. The van der Waals surface area contributed by atoms with Crippen molar-refractivity contribution in [2.75, 3.05) is 0 Å². The summed E-state index contributed by atoms with van der Waals surface area (Å²) in [6, 6.07) is 7.63. The van der Waals surface area contributed by atoms with Crippen LogP contribution in [0.25, 0.3) is 0 Å². The molecule has 7 heteroatoms. The van der Waals surface area contributed by atoms with E-state index >= 15 is 0 Å². The minimum absolute atomic E-state index is 0.00701. The van der Waals surface area contributed by atoms with Crippen molar-refractivity contribution in [3.63, 3.8) is 0 Å². The van der Waals surface area contributed by atoms with Crippen LogP contribution in [0.2, 0.25) is 0 Å². The molecule has 0 unspecified atom stereocenters. The van der Waals surface area contributed by atoms with Gasteiger partial charge >= 0.3 is 6.18 Å². The smallest absolute Gasteiger partial charge is 0.416 e. The van der Waals surface area contributed by atoms with Crippen LogP contribution in [-0.2, 0) is 6.18 Å². The molecule has 1 aromatic heterocycles. The molecule has 0 aliphatic heterocycles. The molecule has 0 aliphatic rings. The molecule has 2 aromatic rings. The van der Waals surface area contributed by atoms with Crippen LogP contribution in [0.1, 0.15) is 11.3 Å². The first-order chi connectivity index (χ1) is 9.38. The van der Waals surface area contributed by atoms with Crippen molar-refractivity contribution >= 4 is 17.2 Å². The van der Waals surface area contributed by atoms with Crippen LogP contribution in [-0.4, -0.2) is 9.97 Å². The highest BCUT2D eigenvalue weighted by atomic mass is 32.1. The van der Waals surface area contributed by atoms with Gasteiger partial charge in [0.1, 0.15) is 16.4 Å². The Hall–Kier alpha value is -2.15. The predicted molar refractivity (Wildman–Crippen MR) is 71.6 cm³/mol. The van der Waals surface area contributed by atoms with Crippen molar-refractivity contribution in [2.24, 2.45) is 5.73 Å². The first-order valence-electron chi connectivity index (χ1n) is 5.48. The van der Waals surface area contributed by atoms with Gasteiger partial charge in [-0.2, -0.15) is 13.2 Å². The Morgan fingerprint density at radius 2 is 1.95 bits per heavy atom. The van der Waals surface area contributed by atoms with E-state index in [1.807, 2.05) is 0 Å². The highest BCUT2D eigenvalue weighted by Crippen LogP contribution is 2.33. The number of aromatic nitrogens is 1. The average Bonchev–Trinajstić information content (AvgIpc) is 2.38. The van der Waals surface area contributed by atoms with Gasteiger partial charge in [-0.15, -0.1) is 0 Å². The molecule has 0 fully saturated rings. The summed E-state index contributed by atoms with van der Waals surface area (Å²) < 4.78 is 43.2. The van der Waals surface area contributed by atoms with Crippen LogP contribution >= 0.6 is 12.2 Å². The van der Waals surface area contributed by atoms with Gasteiger partial charge < -0.3 is 10.5 Å². The van der Waals surface area contributed by atoms with Crippen molar-refractivity contribution in [1.29, 1.82) is 0 Å².